The van der Waals surface area contributed by atoms with Gasteiger partial charge in [0.1, 0.15) is 5.69 Å². The van der Waals surface area contributed by atoms with Gasteiger partial charge >= 0.3 is 0 Å². The number of hydrogen-bond acceptors (Lipinski definition) is 2. The van der Waals surface area contributed by atoms with Crippen LogP contribution in [0.15, 0.2) is 48.7 Å². The Morgan fingerprint density at radius 2 is 2.00 bits per heavy atom. The van der Waals surface area contributed by atoms with Crippen molar-refractivity contribution in [2.45, 2.75) is 25.8 Å². The van der Waals surface area contributed by atoms with Gasteiger partial charge < -0.3 is 14.6 Å². The summed E-state index contributed by atoms with van der Waals surface area (Å²) in [5, 5.41) is 2.98. The van der Waals surface area contributed by atoms with Crippen LogP contribution in [0.3, 0.4) is 0 Å². The van der Waals surface area contributed by atoms with Crippen LogP contribution in [0.25, 0.3) is 0 Å². The van der Waals surface area contributed by atoms with Crippen LogP contribution < -0.4 is 5.32 Å². The number of carbonyl (C=O) groups is 1. The van der Waals surface area contributed by atoms with Gasteiger partial charge in [-0.3, -0.25) is 4.79 Å². The molecule has 2 aromatic rings. The van der Waals surface area contributed by atoms with Crippen molar-refractivity contribution in [2.24, 2.45) is 5.92 Å². The lowest BCUT2D eigenvalue weighted by Crippen LogP contribution is -2.27. The zero-order chi connectivity index (χ0) is 15.9. The highest BCUT2D eigenvalue weighted by Crippen LogP contribution is 2.28. The molecule has 0 unspecified atom stereocenters. The van der Waals surface area contributed by atoms with E-state index in [0.29, 0.717) is 18.8 Å². The maximum atomic E-state index is 12.3. The molecule has 1 saturated carbocycles. The Morgan fingerprint density at radius 1 is 1.17 bits per heavy atom. The van der Waals surface area contributed by atoms with E-state index in [-0.39, 0.29) is 5.91 Å². The summed E-state index contributed by atoms with van der Waals surface area (Å²) >= 11 is 0. The standard InChI is InChI=1S/C19H24N2O2/c22-19(20-11-5-13-23-15-17-9-10-17)18-8-4-12-21(18)14-16-6-2-1-3-7-16/h1-4,6-8,12,17H,5,9-11,13-15H2,(H,20,22). The number of ether oxygens (including phenoxy) is 1. The molecule has 0 spiro atoms. The highest BCUT2D eigenvalue weighted by Gasteiger charge is 2.20. The number of hydrogen-bond donors (Lipinski definition) is 1. The van der Waals surface area contributed by atoms with Gasteiger partial charge in [0.25, 0.3) is 5.91 Å². The first-order valence-electron chi connectivity index (χ1n) is 8.38. The molecule has 122 valence electrons. The number of carbonyl (C=O) groups excluding carboxylic acids is 1. The van der Waals surface area contributed by atoms with E-state index in [2.05, 4.69) is 17.4 Å². The summed E-state index contributed by atoms with van der Waals surface area (Å²) in [5.41, 5.74) is 1.89. The fourth-order valence-corrected chi connectivity index (χ4v) is 2.54. The lowest BCUT2D eigenvalue weighted by molar-refractivity contribution is 0.0929. The monoisotopic (exact) mass is 312 g/mol. The van der Waals surface area contributed by atoms with E-state index in [1.165, 1.54) is 18.4 Å². The number of aromatic nitrogens is 1. The first-order chi connectivity index (χ1) is 11.3. The lowest BCUT2D eigenvalue weighted by Gasteiger charge is -2.10. The third-order valence-corrected chi connectivity index (χ3v) is 4.06. The van der Waals surface area contributed by atoms with E-state index < -0.39 is 0 Å². The highest BCUT2D eigenvalue weighted by molar-refractivity contribution is 5.92. The number of nitrogens with one attached hydrogen (secondary N) is 1. The normalized spacial score (nSPS) is 13.9. The van der Waals surface area contributed by atoms with Gasteiger partial charge in [0.15, 0.2) is 0 Å². The van der Waals surface area contributed by atoms with Gasteiger partial charge in [-0.25, -0.2) is 0 Å². The van der Waals surface area contributed by atoms with Crippen LogP contribution >= 0.6 is 0 Å². The number of benzene rings is 1. The van der Waals surface area contributed by atoms with Crippen molar-refractivity contribution in [3.63, 3.8) is 0 Å². The molecule has 1 amide bonds. The minimum Gasteiger partial charge on any atom is -0.381 e. The van der Waals surface area contributed by atoms with Gasteiger partial charge in [-0.05, 0) is 42.9 Å². The van der Waals surface area contributed by atoms with Crippen LogP contribution in [0.4, 0.5) is 0 Å². The lowest BCUT2D eigenvalue weighted by atomic mass is 10.2. The zero-order valence-electron chi connectivity index (χ0n) is 13.4. The molecular formula is C19H24N2O2. The SMILES string of the molecule is O=C(NCCCOCC1CC1)c1cccn1Cc1ccccc1. The molecule has 0 bridgehead atoms. The molecule has 1 aliphatic rings. The molecule has 0 aliphatic heterocycles. The van der Waals surface area contributed by atoms with Gasteiger partial charge in [0.2, 0.25) is 0 Å². The van der Waals surface area contributed by atoms with Crippen LogP contribution in [0, 0.1) is 5.92 Å². The highest BCUT2D eigenvalue weighted by atomic mass is 16.5. The molecule has 0 saturated heterocycles. The first kappa shape index (κ1) is 15.8. The third-order valence-electron chi connectivity index (χ3n) is 4.06. The average molecular weight is 312 g/mol. The second kappa shape index (κ2) is 7.97. The Morgan fingerprint density at radius 3 is 2.78 bits per heavy atom. The van der Waals surface area contributed by atoms with E-state index in [1.807, 2.05) is 41.1 Å². The van der Waals surface area contributed by atoms with Crippen LogP contribution in [0.5, 0.6) is 0 Å². The quantitative estimate of drug-likeness (QED) is 0.723. The minimum absolute atomic E-state index is 0.0203. The first-order valence-corrected chi connectivity index (χ1v) is 8.38. The van der Waals surface area contributed by atoms with Gasteiger partial charge in [-0.15, -0.1) is 0 Å². The molecule has 1 aromatic carbocycles. The van der Waals surface area contributed by atoms with Crippen molar-refractivity contribution < 1.29 is 9.53 Å². The minimum atomic E-state index is -0.0203. The van der Waals surface area contributed by atoms with Crippen LogP contribution in [-0.2, 0) is 11.3 Å². The fraction of sp³-hybridized carbons (Fsp3) is 0.421. The van der Waals surface area contributed by atoms with E-state index in [1.54, 1.807) is 0 Å². The van der Waals surface area contributed by atoms with Crippen LogP contribution in [0.2, 0.25) is 0 Å². The molecule has 1 aromatic heterocycles. The molecule has 4 nitrogen and oxygen atoms in total. The number of amides is 1. The molecule has 0 radical (unpaired) electrons. The molecule has 0 atom stereocenters. The predicted molar refractivity (Wildman–Crippen MR) is 90.5 cm³/mol. The summed E-state index contributed by atoms with van der Waals surface area (Å²) in [6.07, 6.45) is 5.43. The number of rotatable bonds is 9. The summed E-state index contributed by atoms with van der Waals surface area (Å²) in [5.74, 6) is 0.777. The molecule has 4 heteroatoms. The third kappa shape index (κ3) is 4.96. The average Bonchev–Trinajstić information content (AvgIpc) is 3.29. The van der Waals surface area contributed by atoms with Crippen LogP contribution in [-0.4, -0.2) is 30.2 Å². The molecule has 3 rings (SSSR count). The smallest absolute Gasteiger partial charge is 0.267 e. The van der Waals surface area contributed by atoms with Crippen molar-refractivity contribution in [3.05, 3.63) is 59.9 Å². The van der Waals surface area contributed by atoms with Crippen molar-refractivity contribution in [1.82, 2.24) is 9.88 Å². The van der Waals surface area contributed by atoms with E-state index in [9.17, 15) is 4.79 Å². The maximum Gasteiger partial charge on any atom is 0.267 e. The molecule has 1 heterocycles. The van der Waals surface area contributed by atoms with Gasteiger partial charge in [0, 0.05) is 32.5 Å². The summed E-state index contributed by atoms with van der Waals surface area (Å²) in [6, 6.07) is 13.9. The summed E-state index contributed by atoms with van der Waals surface area (Å²) in [7, 11) is 0. The van der Waals surface area contributed by atoms with E-state index in [0.717, 1.165) is 25.6 Å². The zero-order valence-corrected chi connectivity index (χ0v) is 13.4. The van der Waals surface area contributed by atoms with Crippen molar-refractivity contribution >= 4 is 5.91 Å². The van der Waals surface area contributed by atoms with Crippen molar-refractivity contribution in [3.8, 4) is 0 Å². The Kier molecular flexibility index (Phi) is 5.48. The molecular weight excluding hydrogens is 288 g/mol. The Hall–Kier alpha value is -2.07. The Balaban J connectivity index is 1.43. The second-order valence-corrected chi connectivity index (χ2v) is 6.13. The fourth-order valence-electron chi connectivity index (χ4n) is 2.54. The van der Waals surface area contributed by atoms with Gasteiger partial charge in [-0.2, -0.15) is 0 Å². The Bertz CT molecular complexity index is 617. The molecule has 23 heavy (non-hydrogen) atoms. The van der Waals surface area contributed by atoms with Gasteiger partial charge in [0.05, 0.1) is 0 Å². The summed E-state index contributed by atoms with van der Waals surface area (Å²) in [6.45, 7) is 2.97. The molecule has 1 aliphatic carbocycles. The van der Waals surface area contributed by atoms with Crippen molar-refractivity contribution in [1.29, 1.82) is 0 Å². The summed E-state index contributed by atoms with van der Waals surface area (Å²) < 4.78 is 7.56. The Labute approximate surface area is 137 Å². The number of nitrogens with zero attached hydrogens (tertiary/aromatic N) is 1. The van der Waals surface area contributed by atoms with Crippen molar-refractivity contribution in [2.75, 3.05) is 19.8 Å². The van der Waals surface area contributed by atoms with Gasteiger partial charge in [-0.1, -0.05) is 30.3 Å². The van der Waals surface area contributed by atoms with Crippen LogP contribution in [0.1, 0.15) is 35.3 Å². The summed E-state index contributed by atoms with van der Waals surface area (Å²) in [4.78, 5) is 12.3. The topological polar surface area (TPSA) is 43.3 Å². The largest absolute Gasteiger partial charge is 0.381 e. The van der Waals surface area contributed by atoms with E-state index >= 15 is 0 Å². The maximum absolute atomic E-state index is 12.3. The molecule has 1 N–H and O–H groups in total. The van der Waals surface area contributed by atoms with E-state index in [4.69, 9.17) is 4.74 Å². The second-order valence-electron chi connectivity index (χ2n) is 6.13. The molecule has 1 fully saturated rings. The predicted octanol–water partition coefficient (Wildman–Crippen LogP) is 3.08.